The molecule has 0 bridgehead atoms. The van der Waals surface area contributed by atoms with Gasteiger partial charge < -0.3 is 0 Å². The average molecular weight is 547 g/mol. The fourth-order valence-corrected chi connectivity index (χ4v) is 7.50. The third-order valence-corrected chi connectivity index (χ3v) is 9.62. The van der Waals surface area contributed by atoms with Crippen LogP contribution >= 0.6 is 0 Å². The van der Waals surface area contributed by atoms with Gasteiger partial charge in [0.15, 0.2) is 0 Å². The van der Waals surface area contributed by atoms with Crippen LogP contribution in [-0.4, -0.2) is 0 Å². The molecule has 6 aromatic carbocycles. The topological polar surface area (TPSA) is 0 Å². The van der Waals surface area contributed by atoms with Gasteiger partial charge >= 0.3 is 0 Å². The molecule has 0 aliphatic heterocycles. The van der Waals surface area contributed by atoms with Gasteiger partial charge in [0.2, 0.25) is 0 Å². The van der Waals surface area contributed by atoms with Gasteiger partial charge in [-0.15, -0.1) is 0 Å². The van der Waals surface area contributed by atoms with E-state index in [9.17, 15) is 0 Å². The van der Waals surface area contributed by atoms with Gasteiger partial charge in [0.1, 0.15) is 0 Å². The lowest BCUT2D eigenvalue weighted by Crippen LogP contribution is -2.29. The SMILES string of the molecule is C1=CCc2c(-c3ccc(-c4ccc5c6c(ccc5c4)=CC(c4ccccc4)CC=6)cc3)ccc3c2C(=C1)c1ccccc1-3. The first-order chi connectivity index (χ1) is 21.3. The molecule has 3 aliphatic rings. The largest absolute Gasteiger partial charge is 0.0801 e. The molecule has 6 aromatic rings. The van der Waals surface area contributed by atoms with Crippen LogP contribution in [0.2, 0.25) is 0 Å². The Morgan fingerprint density at radius 1 is 0.581 bits per heavy atom. The summed E-state index contributed by atoms with van der Waals surface area (Å²) in [7, 11) is 0. The van der Waals surface area contributed by atoms with E-state index in [2.05, 4.69) is 152 Å². The van der Waals surface area contributed by atoms with Crippen LogP contribution in [0.4, 0.5) is 0 Å². The lowest BCUT2D eigenvalue weighted by Gasteiger charge is -2.16. The number of benzene rings is 6. The minimum absolute atomic E-state index is 0.447. The molecule has 0 saturated carbocycles. The van der Waals surface area contributed by atoms with Crippen LogP contribution in [0.5, 0.6) is 0 Å². The van der Waals surface area contributed by atoms with Crippen molar-refractivity contribution in [2.24, 2.45) is 0 Å². The number of rotatable bonds is 3. The second-order valence-corrected chi connectivity index (χ2v) is 12.0. The number of allylic oxidation sites excluding steroid dienone is 3. The maximum Gasteiger partial charge on any atom is 0.00620 e. The summed E-state index contributed by atoms with van der Waals surface area (Å²) < 4.78 is 0. The molecule has 202 valence electrons. The second-order valence-electron chi connectivity index (χ2n) is 12.0. The smallest absolute Gasteiger partial charge is 0.00620 e. The third kappa shape index (κ3) is 3.91. The van der Waals surface area contributed by atoms with Crippen LogP contribution in [0.25, 0.3) is 61.9 Å². The molecule has 3 aliphatic carbocycles. The Balaban J connectivity index is 1.07. The van der Waals surface area contributed by atoms with Crippen molar-refractivity contribution in [1.29, 1.82) is 0 Å². The molecular formula is C43H30. The Morgan fingerprint density at radius 2 is 1.35 bits per heavy atom. The molecule has 9 rings (SSSR count). The van der Waals surface area contributed by atoms with E-state index < -0.39 is 0 Å². The molecule has 0 heterocycles. The number of fused-ring (bicyclic) bond motifs is 6. The van der Waals surface area contributed by atoms with E-state index in [-0.39, 0.29) is 0 Å². The van der Waals surface area contributed by atoms with E-state index in [4.69, 9.17) is 0 Å². The van der Waals surface area contributed by atoms with Gasteiger partial charge in [-0.2, -0.15) is 0 Å². The van der Waals surface area contributed by atoms with Gasteiger partial charge in [0, 0.05) is 5.92 Å². The molecule has 1 atom stereocenters. The van der Waals surface area contributed by atoms with E-state index >= 15 is 0 Å². The van der Waals surface area contributed by atoms with Crippen LogP contribution in [-0.2, 0) is 6.42 Å². The van der Waals surface area contributed by atoms with Crippen molar-refractivity contribution >= 4 is 28.5 Å². The number of hydrogen-bond acceptors (Lipinski definition) is 0. The van der Waals surface area contributed by atoms with Gasteiger partial charge in [-0.1, -0.05) is 146 Å². The molecule has 0 spiro atoms. The van der Waals surface area contributed by atoms with Crippen LogP contribution in [0.3, 0.4) is 0 Å². The Bertz CT molecular complexity index is 2260. The van der Waals surface area contributed by atoms with Crippen molar-refractivity contribution in [3.8, 4) is 33.4 Å². The van der Waals surface area contributed by atoms with Crippen molar-refractivity contribution in [2.45, 2.75) is 18.8 Å². The van der Waals surface area contributed by atoms with Gasteiger partial charge in [-0.05, 0) is 101 Å². The molecule has 0 nitrogen and oxygen atoms in total. The third-order valence-electron chi connectivity index (χ3n) is 9.62. The monoisotopic (exact) mass is 546 g/mol. The highest BCUT2D eigenvalue weighted by Crippen LogP contribution is 2.49. The average Bonchev–Trinajstić information content (AvgIpc) is 3.23. The molecule has 0 saturated heterocycles. The minimum atomic E-state index is 0.447. The van der Waals surface area contributed by atoms with E-state index in [1.54, 1.807) is 0 Å². The van der Waals surface area contributed by atoms with Crippen molar-refractivity contribution in [2.75, 3.05) is 0 Å². The van der Waals surface area contributed by atoms with Crippen LogP contribution < -0.4 is 10.4 Å². The highest BCUT2D eigenvalue weighted by Gasteiger charge is 2.27. The van der Waals surface area contributed by atoms with Gasteiger partial charge in [0.05, 0.1) is 0 Å². The molecular weight excluding hydrogens is 516 g/mol. The Morgan fingerprint density at radius 3 is 2.23 bits per heavy atom. The summed E-state index contributed by atoms with van der Waals surface area (Å²) in [5.74, 6) is 0.447. The first-order valence-corrected chi connectivity index (χ1v) is 15.4. The quantitative estimate of drug-likeness (QED) is 0.207. The van der Waals surface area contributed by atoms with Crippen molar-refractivity contribution in [3.63, 3.8) is 0 Å². The predicted molar refractivity (Wildman–Crippen MR) is 182 cm³/mol. The van der Waals surface area contributed by atoms with Gasteiger partial charge in [-0.25, -0.2) is 0 Å². The first-order valence-electron chi connectivity index (χ1n) is 15.4. The summed E-state index contributed by atoms with van der Waals surface area (Å²) in [4.78, 5) is 0. The second kappa shape index (κ2) is 9.68. The normalized spacial score (nSPS) is 15.9. The predicted octanol–water partition coefficient (Wildman–Crippen LogP) is 9.45. The fourth-order valence-electron chi connectivity index (χ4n) is 7.50. The van der Waals surface area contributed by atoms with E-state index in [1.807, 2.05) is 0 Å². The van der Waals surface area contributed by atoms with Gasteiger partial charge in [-0.3, -0.25) is 0 Å². The molecule has 0 N–H and O–H groups in total. The van der Waals surface area contributed by atoms with Crippen molar-refractivity contribution in [3.05, 3.63) is 172 Å². The zero-order valence-corrected chi connectivity index (χ0v) is 23.9. The molecule has 0 amide bonds. The standard InChI is InChI=1S/C43H30/c1-2-8-28(9-3-1)31-20-22-36-33(26-31)18-19-34-27-32(21-23-37(34)36)29-14-16-30(17-15-29)35-24-25-42-39-11-5-4-10-38(39)41-13-7-6-12-40(35)43(41)42/h1-11,13-19,21-27,31H,12,20H2. The lowest BCUT2D eigenvalue weighted by atomic mass is 9.88. The zero-order chi connectivity index (χ0) is 28.3. The Kier molecular flexibility index (Phi) is 5.49. The summed E-state index contributed by atoms with van der Waals surface area (Å²) in [5.41, 5.74) is 14.8. The molecule has 43 heavy (non-hydrogen) atoms. The van der Waals surface area contributed by atoms with Crippen molar-refractivity contribution in [1.82, 2.24) is 0 Å². The molecule has 1 unspecified atom stereocenters. The highest BCUT2D eigenvalue weighted by molar-refractivity contribution is 6.04. The van der Waals surface area contributed by atoms with Crippen LogP contribution in [0.1, 0.15) is 34.6 Å². The summed E-state index contributed by atoms with van der Waals surface area (Å²) in [6.45, 7) is 0. The molecule has 0 fully saturated rings. The van der Waals surface area contributed by atoms with Crippen LogP contribution in [0, 0.1) is 0 Å². The highest BCUT2D eigenvalue weighted by atomic mass is 14.3. The van der Waals surface area contributed by atoms with E-state index in [0.717, 1.165) is 12.8 Å². The fraction of sp³-hybridized carbons (Fsp3) is 0.0698. The maximum absolute atomic E-state index is 2.44. The Hall–Kier alpha value is -5.20. The van der Waals surface area contributed by atoms with Gasteiger partial charge in [0.25, 0.3) is 0 Å². The van der Waals surface area contributed by atoms with E-state index in [1.165, 1.54) is 82.4 Å². The summed E-state index contributed by atoms with van der Waals surface area (Å²) >= 11 is 0. The summed E-state index contributed by atoms with van der Waals surface area (Å²) in [6, 6.07) is 45.1. The van der Waals surface area contributed by atoms with Crippen LogP contribution in [0.15, 0.2) is 140 Å². The summed E-state index contributed by atoms with van der Waals surface area (Å²) in [6.07, 6.45) is 13.7. The summed E-state index contributed by atoms with van der Waals surface area (Å²) in [5, 5.41) is 5.35. The Labute approximate surface area is 252 Å². The first kappa shape index (κ1) is 24.4. The molecule has 0 heteroatoms. The molecule has 0 radical (unpaired) electrons. The number of hydrogen-bond donors (Lipinski definition) is 0. The minimum Gasteiger partial charge on any atom is -0.0801 e. The maximum atomic E-state index is 2.44. The van der Waals surface area contributed by atoms with Crippen molar-refractivity contribution < 1.29 is 0 Å². The lowest BCUT2D eigenvalue weighted by molar-refractivity contribution is 0.922. The molecule has 0 aromatic heterocycles. The zero-order valence-electron chi connectivity index (χ0n) is 23.9. The van der Waals surface area contributed by atoms with E-state index in [0.29, 0.717) is 5.92 Å².